The summed E-state index contributed by atoms with van der Waals surface area (Å²) in [6.07, 6.45) is 2.44. The van der Waals surface area contributed by atoms with E-state index < -0.39 is 64.8 Å². The number of Topliss-reactive ketones (excluding diaryl/α,β-unsaturated/α-hetero) is 1. The van der Waals surface area contributed by atoms with Crippen LogP contribution in [0.2, 0.25) is 0 Å². The van der Waals surface area contributed by atoms with Crippen LogP contribution in [0.15, 0.2) is 23.3 Å². The molecule has 13 atom stereocenters. The Morgan fingerprint density at radius 2 is 1.90 bits per heavy atom. The third-order valence-corrected chi connectivity index (χ3v) is 11.9. The van der Waals surface area contributed by atoms with Gasteiger partial charge in [-0.2, -0.15) is 0 Å². The van der Waals surface area contributed by atoms with Crippen LogP contribution in [0.1, 0.15) is 59.3 Å². The maximum atomic E-state index is 14.2. The van der Waals surface area contributed by atoms with Gasteiger partial charge in [-0.3, -0.25) is 4.79 Å². The molecule has 5 fully saturated rings. The first-order valence-electron chi connectivity index (χ1n) is 14.6. The van der Waals surface area contributed by atoms with Crippen molar-refractivity contribution in [2.24, 2.45) is 28.6 Å². The molecule has 0 amide bonds. The molecule has 0 radical (unpaired) electrons. The Balaban J connectivity index is 1.24. The van der Waals surface area contributed by atoms with Crippen molar-refractivity contribution in [1.29, 1.82) is 0 Å². The van der Waals surface area contributed by atoms with Crippen LogP contribution in [-0.4, -0.2) is 89.0 Å². The molecular formula is C30H40O10. The van der Waals surface area contributed by atoms with Crippen molar-refractivity contribution < 1.29 is 48.6 Å². The van der Waals surface area contributed by atoms with Gasteiger partial charge in [0.05, 0.1) is 23.2 Å². The van der Waals surface area contributed by atoms with Crippen LogP contribution in [0.4, 0.5) is 0 Å². The molecule has 0 aromatic carbocycles. The first-order valence-corrected chi connectivity index (χ1v) is 14.6. The molecule has 4 aliphatic carbocycles. The number of rotatable bonds is 2. The van der Waals surface area contributed by atoms with E-state index >= 15 is 0 Å². The Labute approximate surface area is 233 Å². The molecule has 2 saturated heterocycles. The number of allylic oxidation sites excluding steroid dienone is 1. The highest BCUT2D eigenvalue weighted by Gasteiger charge is 2.74. The zero-order chi connectivity index (χ0) is 28.4. The smallest absolute Gasteiger partial charge is 0.331 e. The fourth-order valence-electron chi connectivity index (χ4n) is 9.84. The van der Waals surface area contributed by atoms with E-state index in [4.69, 9.17) is 23.7 Å². The Bertz CT molecular complexity index is 1200. The Hall–Kier alpha value is -1.66. The molecule has 3 aliphatic heterocycles. The lowest BCUT2D eigenvalue weighted by atomic mass is 9.43. The molecule has 0 bridgehead atoms. The maximum Gasteiger partial charge on any atom is 0.331 e. The van der Waals surface area contributed by atoms with E-state index in [1.807, 2.05) is 19.9 Å². The van der Waals surface area contributed by atoms with Crippen LogP contribution in [0.3, 0.4) is 0 Å². The zero-order valence-electron chi connectivity index (χ0n) is 23.5. The number of esters is 1. The number of carbonyl (C=O) groups excluding carboxylic acids is 2. The highest BCUT2D eigenvalue weighted by atomic mass is 16.8. The van der Waals surface area contributed by atoms with Gasteiger partial charge >= 0.3 is 5.97 Å². The summed E-state index contributed by atoms with van der Waals surface area (Å²) in [4.78, 5) is 26.0. The highest BCUT2D eigenvalue weighted by molar-refractivity contribution is 5.93. The summed E-state index contributed by atoms with van der Waals surface area (Å²) in [6, 6.07) is 0. The van der Waals surface area contributed by atoms with Gasteiger partial charge in [0.2, 0.25) is 12.1 Å². The monoisotopic (exact) mass is 560 g/mol. The first kappa shape index (κ1) is 27.2. The molecule has 0 unspecified atom stereocenters. The third-order valence-electron chi connectivity index (χ3n) is 11.9. The fraction of sp³-hybridized carbons (Fsp3) is 0.800. The number of ether oxygens (including phenoxy) is 5. The van der Waals surface area contributed by atoms with Crippen LogP contribution >= 0.6 is 0 Å². The van der Waals surface area contributed by atoms with E-state index in [9.17, 15) is 24.9 Å². The summed E-state index contributed by atoms with van der Waals surface area (Å²) in [7, 11) is 1.53. The average Bonchev–Trinajstić information content (AvgIpc) is 3.45. The second-order valence-electron chi connectivity index (χ2n) is 13.6. The number of cyclic esters (lactones) is 1. The predicted octanol–water partition coefficient (Wildman–Crippen LogP) is 1.55. The minimum absolute atomic E-state index is 0.118. The van der Waals surface area contributed by atoms with E-state index in [1.54, 1.807) is 6.92 Å². The summed E-state index contributed by atoms with van der Waals surface area (Å²) in [6.45, 7) is 5.83. The van der Waals surface area contributed by atoms with Crippen LogP contribution in [0, 0.1) is 28.6 Å². The van der Waals surface area contributed by atoms with Gasteiger partial charge in [0.1, 0.15) is 24.9 Å². The number of methoxy groups -OCH3 is 1. The molecule has 3 saturated carbocycles. The summed E-state index contributed by atoms with van der Waals surface area (Å²) < 4.78 is 29.3. The average molecular weight is 561 g/mol. The largest absolute Gasteiger partial charge is 0.458 e. The number of hydrogen-bond donors (Lipinski definition) is 3. The van der Waals surface area contributed by atoms with Crippen LogP contribution < -0.4 is 0 Å². The molecule has 7 aliphatic rings. The van der Waals surface area contributed by atoms with Gasteiger partial charge < -0.3 is 39.0 Å². The third kappa shape index (κ3) is 3.30. The normalized spacial score (nSPS) is 55.2. The van der Waals surface area contributed by atoms with E-state index in [0.717, 1.165) is 11.1 Å². The minimum Gasteiger partial charge on any atom is -0.458 e. The van der Waals surface area contributed by atoms with Crippen LogP contribution in [0.25, 0.3) is 0 Å². The fourth-order valence-corrected chi connectivity index (χ4v) is 9.84. The highest BCUT2D eigenvalue weighted by Crippen LogP contribution is 2.68. The molecule has 0 aromatic heterocycles. The molecule has 40 heavy (non-hydrogen) atoms. The van der Waals surface area contributed by atoms with E-state index in [-0.39, 0.29) is 30.3 Å². The van der Waals surface area contributed by atoms with Gasteiger partial charge in [-0.25, -0.2) is 4.79 Å². The SMILES string of the molecule is CO[C@@H]1C[C@@H](C)O[C@H]2O[C@@H]3C=C4CC[C@@H]5[C@H]([C@H](O)C(=O)[C@]6(C)[C@@H](C7=CC(=O)OC7)CC[C@]56O)[C@@]4(C)C[C@H]3O[C@]21O. The van der Waals surface area contributed by atoms with Gasteiger partial charge in [0.15, 0.2) is 5.78 Å². The number of fused-ring (bicyclic) bond motifs is 7. The standard InChI is InChI=1S/C30H40O10/c1-14-9-21(36-4)30(35)26(38-14)39-19-11-16-5-6-18-23(27(16,2)12-20(19)40-30)24(32)25(33)28(3)17(7-8-29(18,28)34)15-10-22(31)37-13-15/h10-11,14,17-21,23-24,26,32,34-35H,5-9,12-13H2,1-4H3/t14-,17-,18-,19-,20-,21-,23-,24+,26+,27+,28+,29+,30+/m1/s1. The van der Waals surface area contributed by atoms with Crippen molar-refractivity contribution in [3.05, 3.63) is 23.3 Å². The Kier molecular flexibility index (Phi) is 5.91. The number of aliphatic hydroxyl groups excluding tert-OH is 1. The van der Waals surface area contributed by atoms with Crippen molar-refractivity contribution in [3.63, 3.8) is 0 Å². The molecule has 0 aromatic rings. The first-order chi connectivity index (χ1) is 18.9. The number of aliphatic hydroxyl groups is 3. The van der Waals surface area contributed by atoms with Gasteiger partial charge in [-0.15, -0.1) is 0 Å². The summed E-state index contributed by atoms with van der Waals surface area (Å²) in [5, 5.41) is 35.8. The minimum atomic E-state index is -1.79. The molecule has 10 nitrogen and oxygen atoms in total. The second kappa shape index (κ2) is 8.69. The van der Waals surface area contributed by atoms with Crippen LogP contribution in [0.5, 0.6) is 0 Å². The Morgan fingerprint density at radius 3 is 2.60 bits per heavy atom. The van der Waals surface area contributed by atoms with Crippen molar-refractivity contribution in [3.8, 4) is 0 Å². The van der Waals surface area contributed by atoms with E-state index in [1.165, 1.54) is 13.2 Å². The van der Waals surface area contributed by atoms with E-state index in [2.05, 4.69) is 0 Å². The molecule has 3 heterocycles. The lowest BCUT2D eigenvalue weighted by Crippen LogP contribution is -2.72. The summed E-state index contributed by atoms with van der Waals surface area (Å²) in [5.41, 5.74) is -1.44. The lowest BCUT2D eigenvalue weighted by molar-refractivity contribution is -0.450. The number of ketones is 1. The quantitative estimate of drug-likeness (QED) is 0.336. The van der Waals surface area contributed by atoms with Crippen molar-refractivity contribution in [2.45, 2.75) is 107 Å². The topological polar surface area (TPSA) is 141 Å². The number of hydrogen-bond acceptors (Lipinski definition) is 10. The van der Waals surface area contributed by atoms with Gasteiger partial charge in [-0.05, 0) is 68.8 Å². The molecule has 3 N–H and O–H groups in total. The van der Waals surface area contributed by atoms with Crippen molar-refractivity contribution in [1.82, 2.24) is 0 Å². The summed E-state index contributed by atoms with van der Waals surface area (Å²) in [5.74, 6) is -3.84. The van der Waals surface area contributed by atoms with E-state index in [0.29, 0.717) is 38.5 Å². The van der Waals surface area contributed by atoms with Crippen molar-refractivity contribution >= 4 is 11.8 Å². The maximum absolute atomic E-state index is 14.2. The zero-order valence-corrected chi connectivity index (χ0v) is 23.5. The lowest BCUT2D eigenvalue weighted by Gasteiger charge is -2.63. The molecule has 7 rings (SSSR count). The number of carbonyl (C=O) groups is 2. The van der Waals surface area contributed by atoms with Crippen LogP contribution in [-0.2, 0) is 33.3 Å². The van der Waals surface area contributed by atoms with Gasteiger partial charge in [0.25, 0.3) is 0 Å². The molecule has 220 valence electrons. The van der Waals surface area contributed by atoms with Crippen molar-refractivity contribution in [2.75, 3.05) is 13.7 Å². The molecule has 0 spiro atoms. The molecular weight excluding hydrogens is 520 g/mol. The Morgan fingerprint density at radius 1 is 1.12 bits per heavy atom. The van der Waals surface area contributed by atoms with Gasteiger partial charge in [0, 0.05) is 25.5 Å². The summed E-state index contributed by atoms with van der Waals surface area (Å²) >= 11 is 0. The molecule has 10 heteroatoms. The predicted molar refractivity (Wildman–Crippen MR) is 137 cm³/mol. The second-order valence-corrected chi connectivity index (χ2v) is 13.6. The van der Waals surface area contributed by atoms with Gasteiger partial charge in [-0.1, -0.05) is 18.6 Å².